The van der Waals surface area contributed by atoms with Crippen molar-refractivity contribution in [2.24, 2.45) is 7.05 Å². The van der Waals surface area contributed by atoms with Gasteiger partial charge in [-0.05, 0) is 25.3 Å². The quantitative estimate of drug-likeness (QED) is 0.797. The zero-order chi connectivity index (χ0) is 14.0. The third kappa shape index (κ3) is 3.35. The average molecular weight is 306 g/mol. The van der Waals surface area contributed by atoms with Crippen molar-refractivity contribution in [1.29, 1.82) is 0 Å². The first-order valence-corrected chi connectivity index (χ1v) is 6.90. The Morgan fingerprint density at radius 3 is 2.63 bits per heavy atom. The van der Waals surface area contributed by atoms with E-state index in [2.05, 4.69) is 10.6 Å². The van der Waals surface area contributed by atoms with Crippen molar-refractivity contribution in [3.05, 3.63) is 21.9 Å². The van der Waals surface area contributed by atoms with E-state index in [4.69, 9.17) is 23.2 Å². The minimum atomic E-state index is -0.713. The van der Waals surface area contributed by atoms with Gasteiger partial charge < -0.3 is 20.3 Å². The second-order valence-electron chi connectivity index (χ2n) is 4.95. The van der Waals surface area contributed by atoms with Crippen LogP contribution in [0.1, 0.15) is 25.0 Å². The number of rotatable bonds is 4. The van der Waals surface area contributed by atoms with Gasteiger partial charge in [0.25, 0.3) is 0 Å². The number of aromatic nitrogens is 1. The lowest BCUT2D eigenvalue weighted by atomic mass is 9.80. The van der Waals surface area contributed by atoms with Crippen molar-refractivity contribution in [2.75, 3.05) is 6.54 Å². The van der Waals surface area contributed by atoms with Gasteiger partial charge in [-0.15, -0.1) is 0 Å². The molecule has 0 aromatic carbocycles. The maximum atomic E-state index is 11.6. The zero-order valence-electron chi connectivity index (χ0n) is 10.7. The highest BCUT2D eigenvalue weighted by Gasteiger charge is 2.34. The van der Waals surface area contributed by atoms with E-state index in [-0.39, 0.29) is 12.6 Å². The van der Waals surface area contributed by atoms with Crippen LogP contribution in [0.4, 0.5) is 4.79 Å². The number of aliphatic hydroxyl groups is 1. The summed E-state index contributed by atoms with van der Waals surface area (Å²) in [7, 11) is 1.78. The van der Waals surface area contributed by atoms with Crippen molar-refractivity contribution < 1.29 is 9.90 Å². The molecule has 0 radical (unpaired) electrons. The lowest BCUT2D eigenvalue weighted by Crippen LogP contribution is -2.50. The number of carbonyl (C=O) groups is 1. The fraction of sp³-hybridized carbons (Fsp3) is 0.583. The van der Waals surface area contributed by atoms with Crippen LogP contribution < -0.4 is 10.6 Å². The van der Waals surface area contributed by atoms with E-state index >= 15 is 0 Å². The third-order valence-electron chi connectivity index (χ3n) is 3.51. The van der Waals surface area contributed by atoms with Gasteiger partial charge in [-0.2, -0.15) is 0 Å². The standard InChI is InChI=1S/C12H17Cl2N3O2/c1-17-8(5-9(13)10(17)14)6-15-11(18)16-7-12(19)3-2-4-12/h5,19H,2-4,6-7H2,1H3,(H2,15,16,18). The summed E-state index contributed by atoms with van der Waals surface area (Å²) >= 11 is 11.8. The van der Waals surface area contributed by atoms with Crippen LogP contribution in [-0.2, 0) is 13.6 Å². The van der Waals surface area contributed by atoms with Crippen LogP contribution in [0.2, 0.25) is 10.2 Å². The highest BCUT2D eigenvalue weighted by molar-refractivity contribution is 6.41. The Kier molecular flexibility index (Phi) is 4.28. The molecule has 5 nitrogen and oxygen atoms in total. The molecule has 3 N–H and O–H groups in total. The Bertz CT molecular complexity index is 484. The van der Waals surface area contributed by atoms with Crippen LogP contribution in [0.3, 0.4) is 0 Å². The van der Waals surface area contributed by atoms with Gasteiger partial charge in [0.2, 0.25) is 0 Å². The largest absolute Gasteiger partial charge is 0.388 e. The summed E-state index contributed by atoms with van der Waals surface area (Å²) in [6.07, 6.45) is 2.51. The molecule has 0 saturated heterocycles. The third-order valence-corrected chi connectivity index (χ3v) is 4.35. The molecule has 0 spiro atoms. The molecule has 0 unspecified atom stereocenters. The first-order chi connectivity index (χ1) is 8.91. The summed E-state index contributed by atoms with van der Waals surface area (Å²) in [5, 5.41) is 16.1. The summed E-state index contributed by atoms with van der Waals surface area (Å²) in [6, 6.07) is 1.40. The molecule has 0 aliphatic heterocycles. The number of hydrogen-bond donors (Lipinski definition) is 3. The molecule has 19 heavy (non-hydrogen) atoms. The number of urea groups is 1. The van der Waals surface area contributed by atoms with E-state index < -0.39 is 5.60 Å². The summed E-state index contributed by atoms with van der Waals surface area (Å²) in [5.74, 6) is 0. The number of halogens is 2. The van der Waals surface area contributed by atoms with Crippen LogP contribution in [-0.4, -0.2) is 27.9 Å². The smallest absolute Gasteiger partial charge is 0.315 e. The van der Waals surface area contributed by atoms with Gasteiger partial charge in [0.05, 0.1) is 17.2 Å². The fourth-order valence-electron chi connectivity index (χ4n) is 2.00. The number of amides is 2. The van der Waals surface area contributed by atoms with Crippen molar-refractivity contribution >= 4 is 29.2 Å². The molecule has 106 valence electrons. The molecule has 1 heterocycles. The number of carbonyl (C=O) groups excluding carboxylic acids is 1. The molecule has 2 rings (SSSR count). The van der Waals surface area contributed by atoms with Gasteiger partial charge >= 0.3 is 6.03 Å². The van der Waals surface area contributed by atoms with Crippen LogP contribution in [0.25, 0.3) is 0 Å². The topological polar surface area (TPSA) is 66.3 Å². The summed E-state index contributed by atoms with van der Waals surface area (Å²) in [6.45, 7) is 0.612. The monoisotopic (exact) mass is 305 g/mol. The lowest BCUT2D eigenvalue weighted by Gasteiger charge is -2.36. The molecule has 1 fully saturated rings. The van der Waals surface area contributed by atoms with E-state index in [0.29, 0.717) is 16.7 Å². The first kappa shape index (κ1) is 14.5. The Morgan fingerprint density at radius 1 is 1.47 bits per heavy atom. The van der Waals surface area contributed by atoms with Gasteiger partial charge in [-0.1, -0.05) is 23.2 Å². The molecule has 7 heteroatoms. The minimum Gasteiger partial charge on any atom is -0.388 e. The predicted molar refractivity (Wildman–Crippen MR) is 74.5 cm³/mol. The Balaban J connectivity index is 1.78. The highest BCUT2D eigenvalue weighted by Crippen LogP contribution is 2.30. The summed E-state index contributed by atoms with van der Waals surface area (Å²) in [4.78, 5) is 11.6. The van der Waals surface area contributed by atoms with Crippen LogP contribution in [0.5, 0.6) is 0 Å². The van der Waals surface area contributed by atoms with Gasteiger partial charge in [-0.3, -0.25) is 0 Å². The predicted octanol–water partition coefficient (Wildman–Crippen LogP) is 2.05. The van der Waals surface area contributed by atoms with E-state index in [1.165, 1.54) is 0 Å². The molecule has 0 bridgehead atoms. The second kappa shape index (κ2) is 5.61. The van der Waals surface area contributed by atoms with E-state index in [1.807, 2.05) is 0 Å². The van der Waals surface area contributed by atoms with Crippen molar-refractivity contribution in [1.82, 2.24) is 15.2 Å². The van der Waals surface area contributed by atoms with Crippen molar-refractivity contribution in [2.45, 2.75) is 31.4 Å². The van der Waals surface area contributed by atoms with Crippen LogP contribution in [0, 0.1) is 0 Å². The van der Waals surface area contributed by atoms with Crippen molar-refractivity contribution in [3.63, 3.8) is 0 Å². The molecular weight excluding hydrogens is 289 g/mol. The molecular formula is C12H17Cl2N3O2. The van der Waals surface area contributed by atoms with E-state index in [1.54, 1.807) is 17.7 Å². The number of nitrogens with zero attached hydrogens (tertiary/aromatic N) is 1. The minimum absolute atomic E-state index is 0.285. The lowest BCUT2D eigenvalue weighted by molar-refractivity contribution is -0.0290. The Labute approximate surface area is 121 Å². The maximum Gasteiger partial charge on any atom is 0.315 e. The van der Waals surface area contributed by atoms with Crippen LogP contribution in [0.15, 0.2) is 6.07 Å². The Morgan fingerprint density at radius 2 is 2.16 bits per heavy atom. The maximum absolute atomic E-state index is 11.6. The Hall–Kier alpha value is -0.910. The molecule has 1 aromatic rings. The summed E-state index contributed by atoms with van der Waals surface area (Å²) in [5.41, 5.74) is 0.0991. The van der Waals surface area contributed by atoms with Gasteiger partial charge in [0.1, 0.15) is 5.15 Å². The second-order valence-corrected chi connectivity index (χ2v) is 5.71. The summed E-state index contributed by atoms with van der Waals surface area (Å²) < 4.78 is 1.71. The van der Waals surface area contributed by atoms with Gasteiger partial charge in [0, 0.05) is 19.3 Å². The van der Waals surface area contributed by atoms with Gasteiger partial charge in [-0.25, -0.2) is 4.79 Å². The van der Waals surface area contributed by atoms with E-state index in [0.717, 1.165) is 25.0 Å². The van der Waals surface area contributed by atoms with Crippen molar-refractivity contribution in [3.8, 4) is 0 Å². The van der Waals surface area contributed by atoms with Gasteiger partial charge in [0.15, 0.2) is 0 Å². The molecule has 2 amide bonds. The number of nitrogens with one attached hydrogen (secondary N) is 2. The average Bonchev–Trinajstić information content (AvgIpc) is 2.59. The van der Waals surface area contributed by atoms with Crippen LogP contribution >= 0.6 is 23.2 Å². The fourth-order valence-corrected chi connectivity index (χ4v) is 2.41. The SMILES string of the molecule is Cn1c(CNC(=O)NCC2(O)CCC2)cc(Cl)c1Cl. The molecule has 0 atom stereocenters. The molecule has 1 saturated carbocycles. The number of hydrogen-bond acceptors (Lipinski definition) is 2. The molecule has 1 aliphatic rings. The van der Waals surface area contributed by atoms with E-state index in [9.17, 15) is 9.90 Å². The molecule has 1 aliphatic carbocycles. The molecule has 1 aromatic heterocycles. The highest BCUT2D eigenvalue weighted by atomic mass is 35.5. The first-order valence-electron chi connectivity index (χ1n) is 6.15. The normalized spacial score (nSPS) is 16.8. The zero-order valence-corrected chi connectivity index (χ0v) is 12.2.